The molecule has 1 fully saturated rings. The Bertz CT molecular complexity index is 891. The number of anilines is 2. The van der Waals surface area contributed by atoms with Crippen molar-refractivity contribution in [2.45, 2.75) is 12.8 Å². The Balaban J connectivity index is 1.31. The van der Waals surface area contributed by atoms with Crippen molar-refractivity contribution in [3.8, 4) is 5.75 Å². The molecule has 1 aromatic heterocycles. The molecule has 28 heavy (non-hydrogen) atoms. The molecule has 0 saturated carbocycles. The molecule has 0 bridgehead atoms. The molecule has 1 aromatic carbocycles. The molecular weight excluding hydrogens is 380 g/mol. The Morgan fingerprint density at radius 1 is 1.32 bits per heavy atom. The molecule has 3 heterocycles. The number of ether oxygens (including phenoxy) is 1. The van der Waals surface area contributed by atoms with Gasteiger partial charge in [0.05, 0.1) is 12.2 Å². The maximum absolute atomic E-state index is 12.8. The molecule has 0 spiro atoms. The van der Waals surface area contributed by atoms with E-state index in [0.29, 0.717) is 54.6 Å². The summed E-state index contributed by atoms with van der Waals surface area (Å²) in [5.74, 6) is 0.245. The lowest BCUT2D eigenvalue weighted by atomic mass is 9.88. The second-order valence-corrected chi connectivity index (χ2v) is 7.74. The van der Waals surface area contributed by atoms with E-state index in [2.05, 4.69) is 15.6 Å². The van der Waals surface area contributed by atoms with Crippen molar-refractivity contribution in [1.29, 1.82) is 0 Å². The van der Waals surface area contributed by atoms with E-state index in [0.717, 1.165) is 0 Å². The largest absolute Gasteiger partial charge is 0.482 e. The van der Waals surface area contributed by atoms with Crippen molar-refractivity contribution < 1.29 is 19.1 Å². The van der Waals surface area contributed by atoms with Crippen molar-refractivity contribution >= 4 is 39.8 Å². The number of ketones is 1. The standard InChI is InChI=1S/C19H20N4O4S/c24-16(22-19-20-5-8-28-19)10-23-6-3-12(4-7-23)18(26)13-1-2-15-14(9-13)21-17(25)11-27-15/h1-2,5,8-9,12H,3-4,6-7,10-11H2,(H,21,25)(H,20,22,24). The highest BCUT2D eigenvalue weighted by Gasteiger charge is 2.28. The van der Waals surface area contributed by atoms with E-state index in [9.17, 15) is 14.4 Å². The number of carbonyl (C=O) groups is 3. The lowest BCUT2D eigenvalue weighted by Crippen LogP contribution is -2.40. The summed E-state index contributed by atoms with van der Waals surface area (Å²) in [7, 11) is 0. The monoisotopic (exact) mass is 400 g/mol. The van der Waals surface area contributed by atoms with E-state index >= 15 is 0 Å². The summed E-state index contributed by atoms with van der Waals surface area (Å²) < 4.78 is 5.33. The molecule has 8 nitrogen and oxygen atoms in total. The number of benzene rings is 1. The highest BCUT2D eigenvalue weighted by atomic mass is 32.1. The van der Waals surface area contributed by atoms with Crippen LogP contribution in [0, 0.1) is 5.92 Å². The lowest BCUT2D eigenvalue weighted by Gasteiger charge is -2.30. The van der Waals surface area contributed by atoms with Crippen LogP contribution >= 0.6 is 11.3 Å². The molecule has 9 heteroatoms. The van der Waals surface area contributed by atoms with Crippen LogP contribution in [0.4, 0.5) is 10.8 Å². The predicted molar refractivity (Wildman–Crippen MR) is 105 cm³/mol. The van der Waals surface area contributed by atoms with Gasteiger partial charge in [-0.3, -0.25) is 19.3 Å². The van der Waals surface area contributed by atoms with E-state index in [1.165, 1.54) is 11.3 Å². The van der Waals surface area contributed by atoms with Crippen LogP contribution in [0.1, 0.15) is 23.2 Å². The minimum Gasteiger partial charge on any atom is -0.482 e. The van der Waals surface area contributed by atoms with Gasteiger partial charge in [-0.2, -0.15) is 0 Å². The Hall–Kier alpha value is -2.78. The van der Waals surface area contributed by atoms with E-state index in [1.807, 2.05) is 10.3 Å². The van der Waals surface area contributed by atoms with Crippen LogP contribution in [0.25, 0.3) is 0 Å². The third-order valence-corrected chi connectivity index (χ3v) is 5.59. The number of amides is 2. The minimum absolute atomic E-state index is 0.00508. The fourth-order valence-electron chi connectivity index (χ4n) is 3.47. The number of nitrogens with zero attached hydrogens (tertiary/aromatic N) is 2. The van der Waals surface area contributed by atoms with E-state index in [-0.39, 0.29) is 30.1 Å². The first-order valence-electron chi connectivity index (χ1n) is 9.11. The number of hydrogen-bond donors (Lipinski definition) is 2. The first kappa shape index (κ1) is 18.6. The van der Waals surface area contributed by atoms with Gasteiger partial charge in [-0.1, -0.05) is 0 Å². The minimum atomic E-state index is -0.221. The Kier molecular flexibility index (Phi) is 5.36. The summed E-state index contributed by atoms with van der Waals surface area (Å²) in [6.45, 7) is 1.66. The maximum Gasteiger partial charge on any atom is 0.262 e. The van der Waals surface area contributed by atoms with Gasteiger partial charge in [0, 0.05) is 23.1 Å². The van der Waals surface area contributed by atoms with Crippen LogP contribution < -0.4 is 15.4 Å². The molecule has 2 amide bonds. The topological polar surface area (TPSA) is 101 Å². The Morgan fingerprint density at radius 3 is 2.89 bits per heavy atom. The molecule has 4 rings (SSSR count). The molecule has 0 unspecified atom stereocenters. The number of aromatic nitrogens is 1. The fraction of sp³-hybridized carbons (Fsp3) is 0.368. The van der Waals surface area contributed by atoms with E-state index in [1.54, 1.807) is 24.4 Å². The fourth-order valence-corrected chi connectivity index (χ4v) is 4.02. The molecule has 0 radical (unpaired) electrons. The number of carbonyl (C=O) groups excluding carboxylic acids is 3. The van der Waals surface area contributed by atoms with Crippen LogP contribution in [0.3, 0.4) is 0 Å². The van der Waals surface area contributed by atoms with Crippen molar-refractivity contribution in [3.05, 3.63) is 35.3 Å². The third-order valence-electron chi connectivity index (χ3n) is 4.90. The van der Waals surface area contributed by atoms with Crippen molar-refractivity contribution in [1.82, 2.24) is 9.88 Å². The molecule has 2 aliphatic heterocycles. The predicted octanol–water partition coefficient (Wildman–Crippen LogP) is 2.01. The summed E-state index contributed by atoms with van der Waals surface area (Å²) in [6, 6.07) is 5.15. The average Bonchev–Trinajstić information content (AvgIpc) is 3.20. The molecule has 2 aliphatic rings. The number of fused-ring (bicyclic) bond motifs is 1. The van der Waals surface area contributed by atoms with Gasteiger partial charge >= 0.3 is 0 Å². The van der Waals surface area contributed by atoms with E-state index < -0.39 is 0 Å². The van der Waals surface area contributed by atoms with E-state index in [4.69, 9.17) is 4.74 Å². The molecule has 2 aromatic rings. The number of hydrogen-bond acceptors (Lipinski definition) is 7. The van der Waals surface area contributed by atoms with Crippen LogP contribution in [-0.2, 0) is 9.59 Å². The van der Waals surface area contributed by atoms with Gasteiger partial charge in [0.2, 0.25) is 5.91 Å². The third kappa shape index (κ3) is 4.20. The highest BCUT2D eigenvalue weighted by molar-refractivity contribution is 7.13. The zero-order valence-corrected chi connectivity index (χ0v) is 16.0. The molecule has 0 atom stereocenters. The molecule has 2 N–H and O–H groups in total. The smallest absolute Gasteiger partial charge is 0.262 e. The van der Waals surface area contributed by atoms with Gasteiger partial charge in [0.15, 0.2) is 17.5 Å². The first-order chi connectivity index (χ1) is 13.6. The highest BCUT2D eigenvalue weighted by Crippen LogP contribution is 2.30. The maximum atomic E-state index is 12.8. The van der Waals surface area contributed by atoms with Gasteiger partial charge in [-0.05, 0) is 44.1 Å². The van der Waals surface area contributed by atoms with Crippen molar-refractivity contribution in [2.24, 2.45) is 5.92 Å². The second kappa shape index (κ2) is 8.07. The van der Waals surface area contributed by atoms with Gasteiger partial charge < -0.3 is 15.4 Å². The lowest BCUT2D eigenvalue weighted by molar-refractivity contribution is -0.119. The molecule has 0 aliphatic carbocycles. The van der Waals surface area contributed by atoms with Gasteiger partial charge in [0.25, 0.3) is 5.91 Å². The van der Waals surface area contributed by atoms with Gasteiger partial charge in [0.1, 0.15) is 5.75 Å². The number of likely N-dealkylation sites (tertiary alicyclic amines) is 1. The van der Waals surface area contributed by atoms with Crippen molar-refractivity contribution in [2.75, 3.05) is 36.9 Å². The van der Waals surface area contributed by atoms with Crippen LogP contribution in [0.5, 0.6) is 5.75 Å². The average molecular weight is 400 g/mol. The van der Waals surface area contributed by atoms with Crippen molar-refractivity contribution in [3.63, 3.8) is 0 Å². The van der Waals surface area contributed by atoms with Crippen LogP contribution in [0.15, 0.2) is 29.8 Å². The Labute approximate surface area is 165 Å². The Morgan fingerprint density at radius 2 is 2.14 bits per heavy atom. The molecule has 146 valence electrons. The second-order valence-electron chi connectivity index (χ2n) is 6.85. The SMILES string of the molecule is O=C(CN1CCC(C(=O)c2ccc3c(c2)NC(=O)CO3)CC1)Nc1nccs1. The quantitative estimate of drug-likeness (QED) is 0.745. The van der Waals surface area contributed by atoms with Crippen LogP contribution in [0.2, 0.25) is 0 Å². The number of nitrogens with one attached hydrogen (secondary N) is 2. The number of Topliss-reactive ketones (excluding diaryl/α,β-unsaturated/α-hetero) is 1. The normalized spacial score (nSPS) is 17.4. The van der Waals surface area contributed by atoms with Crippen LogP contribution in [-0.4, -0.2) is 53.7 Å². The summed E-state index contributed by atoms with van der Waals surface area (Å²) in [5, 5.41) is 7.91. The van der Waals surface area contributed by atoms with Gasteiger partial charge in [-0.15, -0.1) is 11.3 Å². The summed E-state index contributed by atoms with van der Waals surface area (Å²) in [6.07, 6.45) is 3.04. The summed E-state index contributed by atoms with van der Waals surface area (Å²) in [4.78, 5) is 42.5. The molecule has 1 saturated heterocycles. The number of thiazole rings is 1. The zero-order valence-electron chi connectivity index (χ0n) is 15.1. The molecular formula is C19H20N4O4S. The first-order valence-corrected chi connectivity index (χ1v) is 9.99. The van der Waals surface area contributed by atoms with Gasteiger partial charge in [-0.25, -0.2) is 4.98 Å². The number of rotatable bonds is 5. The zero-order chi connectivity index (χ0) is 19.5. The summed E-state index contributed by atoms with van der Waals surface area (Å²) in [5.41, 5.74) is 1.11. The summed E-state index contributed by atoms with van der Waals surface area (Å²) >= 11 is 1.38. The number of piperidine rings is 1.